The highest BCUT2D eigenvalue weighted by molar-refractivity contribution is 6.01. The van der Waals surface area contributed by atoms with Gasteiger partial charge < -0.3 is 0 Å². The maximum atomic E-state index is 11.7. The molecule has 3 nitrogen and oxygen atoms in total. The minimum Gasteiger partial charge on any atom is -0.295 e. The van der Waals surface area contributed by atoms with Crippen LogP contribution >= 0.6 is 0 Å². The topological polar surface area (TPSA) is 34.9 Å². The van der Waals surface area contributed by atoms with Crippen molar-refractivity contribution in [2.45, 2.75) is 32.6 Å². The van der Waals surface area contributed by atoms with E-state index < -0.39 is 0 Å². The van der Waals surface area contributed by atoms with Crippen LogP contribution < -0.4 is 0 Å². The first-order valence-corrected chi connectivity index (χ1v) is 12.2. The molecular formula is C31H30N2O. The predicted octanol–water partition coefficient (Wildman–Crippen LogP) is 7.32. The molecule has 0 N–H and O–H groups in total. The first-order valence-electron chi connectivity index (χ1n) is 12.2. The third-order valence-corrected chi connectivity index (χ3v) is 6.91. The number of allylic oxidation sites excluding steroid dienone is 2. The average molecular weight is 447 g/mol. The van der Waals surface area contributed by atoms with E-state index in [1.165, 1.54) is 47.1 Å². The van der Waals surface area contributed by atoms with Gasteiger partial charge in [-0.15, -0.1) is 0 Å². The Morgan fingerprint density at radius 1 is 0.971 bits per heavy atom. The minimum atomic E-state index is 0.144. The standard InChI is InChI=1S/C31H30N2O/c1-3-28(34)18-14-22-12-15-25(16-13-22)31(26-17-19-29-27(20-26)21-32-33(29)2)30(24-10-7-11-24)23-8-5-4-6-9-23/h4-6,8-9,12-21,24H,3,7,10-11H2,1-2H3/b18-14+,31-30-. The Morgan fingerprint density at radius 2 is 1.71 bits per heavy atom. The number of carbonyl (C=O) groups is 1. The zero-order chi connectivity index (χ0) is 23.5. The van der Waals surface area contributed by atoms with E-state index in [1.54, 1.807) is 6.08 Å². The number of nitrogens with zero attached hydrogens (tertiary/aromatic N) is 2. The van der Waals surface area contributed by atoms with Crippen LogP contribution in [0.4, 0.5) is 0 Å². The number of hydrogen-bond acceptors (Lipinski definition) is 2. The molecule has 5 rings (SSSR count). The van der Waals surface area contributed by atoms with Crippen molar-refractivity contribution in [3.8, 4) is 0 Å². The average Bonchev–Trinajstić information content (AvgIpc) is 3.22. The lowest BCUT2D eigenvalue weighted by atomic mass is 9.73. The van der Waals surface area contributed by atoms with Crippen LogP contribution in [0.25, 0.3) is 28.1 Å². The monoisotopic (exact) mass is 446 g/mol. The highest BCUT2D eigenvalue weighted by atomic mass is 16.1. The number of hydrogen-bond donors (Lipinski definition) is 0. The molecule has 0 atom stereocenters. The lowest BCUT2D eigenvalue weighted by molar-refractivity contribution is -0.114. The molecule has 3 heteroatoms. The molecule has 0 radical (unpaired) electrons. The van der Waals surface area contributed by atoms with Gasteiger partial charge in [0.2, 0.25) is 0 Å². The molecule has 1 aromatic heterocycles. The summed E-state index contributed by atoms with van der Waals surface area (Å²) in [6, 6.07) is 26.1. The molecule has 4 aromatic rings. The zero-order valence-electron chi connectivity index (χ0n) is 19.9. The molecule has 0 bridgehead atoms. The number of rotatable bonds is 7. The Balaban J connectivity index is 1.69. The highest BCUT2D eigenvalue weighted by Gasteiger charge is 2.27. The van der Waals surface area contributed by atoms with Crippen LogP contribution in [0.2, 0.25) is 0 Å². The first kappa shape index (κ1) is 22.1. The van der Waals surface area contributed by atoms with Crippen molar-refractivity contribution in [2.24, 2.45) is 13.0 Å². The van der Waals surface area contributed by atoms with Crippen molar-refractivity contribution in [1.82, 2.24) is 9.78 Å². The van der Waals surface area contributed by atoms with Gasteiger partial charge >= 0.3 is 0 Å². The van der Waals surface area contributed by atoms with E-state index in [-0.39, 0.29) is 5.78 Å². The second-order valence-corrected chi connectivity index (χ2v) is 9.10. The predicted molar refractivity (Wildman–Crippen MR) is 141 cm³/mol. The normalized spacial score (nSPS) is 14.9. The number of carbonyl (C=O) groups excluding carboxylic acids is 1. The molecule has 0 saturated heterocycles. The van der Waals surface area contributed by atoms with Gasteiger partial charge in [0.15, 0.2) is 5.78 Å². The van der Waals surface area contributed by atoms with Crippen LogP contribution in [0.15, 0.2) is 85.1 Å². The molecule has 170 valence electrons. The van der Waals surface area contributed by atoms with Gasteiger partial charge in [0.25, 0.3) is 0 Å². The zero-order valence-corrected chi connectivity index (χ0v) is 19.9. The van der Waals surface area contributed by atoms with Crippen LogP contribution in [-0.4, -0.2) is 15.6 Å². The van der Waals surface area contributed by atoms with Gasteiger partial charge in [-0.3, -0.25) is 9.48 Å². The molecule has 1 fully saturated rings. The van der Waals surface area contributed by atoms with Gasteiger partial charge in [-0.05, 0) is 70.4 Å². The maximum Gasteiger partial charge on any atom is 0.155 e. The molecule has 0 amide bonds. The molecule has 0 aliphatic heterocycles. The van der Waals surface area contributed by atoms with Crippen molar-refractivity contribution >= 4 is 33.9 Å². The molecule has 0 spiro atoms. The van der Waals surface area contributed by atoms with Crippen LogP contribution in [0, 0.1) is 5.92 Å². The SMILES string of the molecule is CCC(=O)/C=C/c1ccc(/C(=C(\c2ccccc2)C2CCC2)c2ccc3c(cnn3C)c2)cc1. The van der Waals surface area contributed by atoms with Crippen molar-refractivity contribution in [3.63, 3.8) is 0 Å². The lowest BCUT2D eigenvalue weighted by Gasteiger charge is -2.31. The van der Waals surface area contributed by atoms with Gasteiger partial charge in [-0.2, -0.15) is 5.10 Å². The van der Waals surface area contributed by atoms with Gasteiger partial charge in [0, 0.05) is 18.9 Å². The summed E-state index contributed by atoms with van der Waals surface area (Å²) in [6.07, 6.45) is 9.79. The van der Waals surface area contributed by atoms with E-state index in [9.17, 15) is 4.79 Å². The van der Waals surface area contributed by atoms with Gasteiger partial charge in [0.1, 0.15) is 0 Å². The fourth-order valence-corrected chi connectivity index (χ4v) is 4.76. The molecule has 1 aliphatic carbocycles. The fraction of sp³-hybridized carbons (Fsp3) is 0.226. The molecule has 0 unspecified atom stereocenters. The van der Waals surface area contributed by atoms with Crippen LogP contribution in [0.3, 0.4) is 0 Å². The first-order chi connectivity index (χ1) is 16.6. The molecule has 1 heterocycles. The van der Waals surface area contributed by atoms with Crippen LogP contribution in [-0.2, 0) is 11.8 Å². The number of benzene rings is 3. The minimum absolute atomic E-state index is 0.144. The summed E-state index contributed by atoms with van der Waals surface area (Å²) in [5.41, 5.74) is 8.61. The summed E-state index contributed by atoms with van der Waals surface area (Å²) >= 11 is 0. The van der Waals surface area contributed by atoms with E-state index in [0.29, 0.717) is 12.3 Å². The van der Waals surface area contributed by atoms with Crippen molar-refractivity contribution in [3.05, 3.63) is 107 Å². The lowest BCUT2D eigenvalue weighted by Crippen LogP contribution is -2.15. The summed E-state index contributed by atoms with van der Waals surface area (Å²) in [7, 11) is 1.98. The Labute approximate surface area is 201 Å². The van der Waals surface area contributed by atoms with Gasteiger partial charge in [-0.1, -0.05) is 80.1 Å². The summed E-state index contributed by atoms with van der Waals surface area (Å²) < 4.78 is 1.92. The second-order valence-electron chi connectivity index (χ2n) is 9.10. The van der Waals surface area contributed by atoms with Gasteiger partial charge in [-0.25, -0.2) is 0 Å². The van der Waals surface area contributed by atoms with E-state index >= 15 is 0 Å². The summed E-state index contributed by atoms with van der Waals surface area (Å²) in [5.74, 6) is 0.703. The highest BCUT2D eigenvalue weighted by Crippen LogP contribution is 2.45. The van der Waals surface area contributed by atoms with Crippen LogP contribution in [0.1, 0.15) is 54.9 Å². The quantitative estimate of drug-likeness (QED) is 0.220. The van der Waals surface area contributed by atoms with Gasteiger partial charge in [0.05, 0.1) is 11.7 Å². The Morgan fingerprint density at radius 3 is 2.38 bits per heavy atom. The van der Waals surface area contributed by atoms with Crippen molar-refractivity contribution in [1.29, 1.82) is 0 Å². The van der Waals surface area contributed by atoms with Crippen LogP contribution in [0.5, 0.6) is 0 Å². The summed E-state index contributed by atoms with van der Waals surface area (Å²) in [6.45, 7) is 1.89. The molecule has 1 aliphatic rings. The largest absolute Gasteiger partial charge is 0.295 e. The van der Waals surface area contributed by atoms with E-state index in [2.05, 4.69) is 77.9 Å². The van der Waals surface area contributed by atoms with E-state index in [1.807, 2.05) is 30.9 Å². The number of aryl methyl sites for hydroxylation is 1. The third kappa shape index (κ3) is 4.38. The second kappa shape index (κ2) is 9.64. The third-order valence-electron chi connectivity index (χ3n) is 6.91. The summed E-state index contributed by atoms with van der Waals surface area (Å²) in [4.78, 5) is 11.7. The fourth-order valence-electron chi connectivity index (χ4n) is 4.76. The maximum absolute atomic E-state index is 11.7. The van der Waals surface area contributed by atoms with Crippen molar-refractivity contribution < 1.29 is 4.79 Å². The van der Waals surface area contributed by atoms with E-state index in [0.717, 1.165) is 16.5 Å². The number of aromatic nitrogens is 2. The van der Waals surface area contributed by atoms with E-state index in [4.69, 9.17) is 0 Å². The smallest absolute Gasteiger partial charge is 0.155 e. The number of ketones is 1. The molecule has 34 heavy (non-hydrogen) atoms. The molecule has 1 saturated carbocycles. The molecule has 3 aromatic carbocycles. The Kier molecular flexibility index (Phi) is 6.27. The summed E-state index contributed by atoms with van der Waals surface area (Å²) in [5, 5.41) is 5.60. The Hall–Kier alpha value is -3.72. The van der Waals surface area contributed by atoms with Crippen molar-refractivity contribution in [2.75, 3.05) is 0 Å². The molecular weight excluding hydrogens is 416 g/mol. The Bertz CT molecular complexity index is 1370. The number of fused-ring (bicyclic) bond motifs is 1.